The molecule has 4 aromatic carbocycles. The summed E-state index contributed by atoms with van der Waals surface area (Å²) >= 11 is 9.94. The van der Waals surface area contributed by atoms with Gasteiger partial charge in [-0.3, -0.25) is 4.79 Å². The van der Waals surface area contributed by atoms with Gasteiger partial charge in [0.05, 0.1) is 30.5 Å². The van der Waals surface area contributed by atoms with Gasteiger partial charge in [-0.1, -0.05) is 63.9 Å². The van der Waals surface area contributed by atoms with Crippen molar-refractivity contribution >= 4 is 50.4 Å². The third-order valence-electron chi connectivity index (χ3n) is 5.32. The molecule has 0 heterocycles. The number of carbonyl (C=O) groups excluding carboxylic acids is 1. The van der Waals surface area contributed by atoms with E-state index in [1.165, 1.54) is 13.3 Å². The monoisotopic (exact) mass is 566 g/mol. The number of hydrogen-bond acceptors (Lipinski definition) is 5. The number of amides is 1. The number of halogens is 2. The van der Waals surface area contributed by atoms with Gasteiger partial charge in [0.25, 0.3) is 5.91 Å². The van der Waals surface area contributed by atoms with E-state index in [-0.39, 0.29) is 5.91 Å². The Morgan fingerprint density at radius 2 is 1.72 bits per heavy atom. The van der Waals surface area contributed by atoms with Gasteiger partial charge in [0.2, 0.25) is 0 Å². The van der Waals surface area contributed by atoms with Crippen LogP contribution in [0.4, 0.5) is 0 Å². The topological polar surface area (TPSA) is 69.2 Å². The molecule has 0 saturated carbocycles. The second kappa shape index (κ2) is 11.9. The van der Waals surface area contributed by atoms with Crippen molar-refractivity contribution in [2.45, 2.75) is 13.5 Å². The molecule has 0 fully saturated rings. The van der Waals surface area contributed by atoms with E-state index in [2.05, 4.69) is 26.5 Å². The van der Waals surface area contributed by atoms with Crippen molar-refractivity contribution < 1.29 is 19.0 Å². The predicted octanol–water partition coefficient (Wildman–Crippen LogP) is 7.01. The van der Waals surface area contributed by atoms with Crippen LogP contribution >= 0.6 is 27.5 Å². The van der Waals surface area contributed by atoms with Gasteiger partial charge in [-0.05, 0) is 65.2 Å². The number of benzene rings is 4. The maximum absolute atomic E-state index is 12.8. The van der Waals surface area contributed by atoms with Crippen LogP contribution in [-0.4, -0.2) is 25.8 Å². The molecule has 0 atom stereocenters. The summed E-state index contributed by atoms with van der Waals surface area (Å²) in [6.45, 7) is 2.65. The number of nitrogens with one attached hydrogen (secondary N) is 1. The summed E-state index contributed by atoms with van der Waals surface area (Å²) in [6, 6.07) is 22.7. The van der Waals surface area contributed by atoms with E-state index in [0.717, 1.165) is 20.8 Å². The molecule has 0 spiro atoms. The summed E-state index contributed by atoms with van der Waals surface area (Å²) in [5, 5.41) is 6.40. The number of hydrogen-bond donors (Lipinski definition) is 1. The number of rotatable bonds is 9. The van der Waals surface area contributed by atoms with E-state index in [4.69, 9.17) is 25.8 Å². The molecule has 0 bridgehead atoms. The lowest BCUT2D eigenvalue weighted by molar-refractivity contribution is 0.0952. The molecule has 4 aromatic rings. The van der Waals surface area contributed by atoms with E-state index in [0.29, 0.717) is 46.6 Å². The first-order chi connectivity index (χ1) is 17.5. The minimum absolute atomic E-state index is 0.337. The lowest BCUT2D eigenvalue weighted by Crippen LogP contribution is -2.18. The van der Waals surface area contributed by atoms with Gasteiger partial charge in [-0.25, -0.2) is 5.43 Å². The lowest BCUT2D eigenvalue weighted by atomic mass is 10.1. The molecule has 0 saturated heterocycles. The molecule has 1 N–H and O–H groups in total. The summed E-state index contributed by atoms with van der Waals surface area (Å²) in [7, 11) is 1.53. The van der Waals surface area contributed by atoms with Crippen molar-refractivity contribution in [3.63, 3.8) is 0 Å². The van der Waals surface area contributed by atoms with Crippen LogP contribution in [0.25, 0.3) is 10.8 Å². The molecule has 0 aromatic heterocycles. The van der Waals surface area contributed by atoms with Crippen molar-refractivity contribution in [2.24, 2.45) is 5.10 Å². The van der Waals surface area contributed by atoms with Crippen LogP contribution in [0.15, 0.2) is 82.4 Å². The average molecular weight is 568 g/mol. The molecule has 0 aliphatic heterocycles. The van der Waals surface area contributed by atoms with E-state index in [9.17, 15) is 4.79 Å². The molecule has 0 radical (unpaired) electrons. The standard InChI is InChI=1S/C28H24BrClN2O4/c1-3-35-26-13-19(12-24(30)27(26)36-17-18-8-10-22(29)11-9-18)16-31-32-28(33)23-14-20-6-4-5-7-21(20)15-25(23)34-2/h4-16H,3,17H2,1-2H3,(H,32,33)/b31-16-. The first-order valence-corrected chi connectivity index (χ1v) is 12.4. The smallest absolute Gasteiger partial charge is 0.275 e. The third-order valence-corrected chi connectivity index (χ3v) is 6.13. The van der Waals surface area contributed by atoms with Gasteiger partial charge in [-0.15, -0.1) is 0 Å². The fraction of sp³-hybridized carbons (Fsp3) is 0.143. The van der Waals surface area contributed by atoms with Crippen LogP contribution in [0.3, 0.4) is 0 Å². The number of fused-ring (bicyclic) bond motifs is 1. The normalized spacial score (nSPS) is 11.0. The number of ether oxygens (including phenoxy) is 3. The molecule has 4 rings (SSSR count). The van der Waals surface area contributed by atoms with E-state index >= 15 is 0 Å². The van der Waals surface area contributed by atoms with Crippen molar-refractivity contribution in [1.82, 2.24) is 5.43 Å². The minimum atomic E-state index is -0.389. The maximum atomic E-state index is 12.8. The van der Waals surface area contributed by atoms with E-state index < -0.39 is 0 Å². The summed E-state index contributed by atoms with van der Waals surface area (Å²) in [5.74, 6) is 1.02. The predicted molar refractivity (Wildman–Crippen MR) is 147 cm³/mol. The summed E-state index contributed by atoms with van der Waals surface area (Å²) in [4.78, 5) is 12.8. The fourth-order valence-electron chi connectivity index (χ4n) is 3.59. The number of hydrazone groups is 1. The highest BCUT2D eigenvalue weighted by Crippen LogP contribution is 2.37. The quantitative estimate of drug-likeness (QED) is 0.175. The summed E-state index contributed by atoms with van der Waals surface area (Å²) in [6.07, 6.45) is 1.50. The Morgan fingerprint density at radius 3 is 2.42 bits per heavy atom. The molecule has 8 heteroatoms. The van der Waals surface area contributed by atoms with Crippen LogP contribution in [0, 0.1) is 0 Å². The highest BCUT2D eigenvalue weighted by atomic mass is 79.9. The van der Waals surface area contributed by atoms with Crippen molar-refractivity contribution in [1.29, 1.82) is 0 Å². The zero-order valence-corrected chi connectivity index (χ0v) is 22.1. The largest absolute Gasteiger partial charge is 0.496 e. The highest BCUT2D eigenvalue weighted by Gasteiger charge is 2.15. The van der Waals surface area contributed by atoms with Gasteiger partial charge < -0.3 is 14.2 Å². The molecule has 6 nitrogen and oxygen atoms in total. The number of carbonyl (C=O) groups is 1. The molecule has 1 amide bonds. The SMILES string of the molecule is CCOc1cc(/C=N\NC(=O)c2cc3ccccc3cc2OC)cc(Cl)c1OCc1ccc(Br)cc1. The first kappa shape index (κ1) is 25.5. The van der Waals surface area contributed by atoms with Crippen LogP contribution in [-0.2, 0) is 6.61 Å². The second-order valence-electron chi connectivity index (χ2n) is 7.78. The van der Waals surface area contributed by atoms with Gasteiger partial charge in [-0.2, -0.15) is 5.10 Å². The molecule has 0 unspecified atom stereocenters. The molecule has 0 aliphatic carbocycles. The highest BCUT2D eigenvalue weighted by molar-refractivity contribution is 9.10. The van der Waals surface area contributed by atoms with Crippen LogP contribution in [0.2, 0.25) is 5.02 Å². The Morgan fingerprint density at radius 1 is 1.00 bits per heavy atom. The molecule has 36 heavy (non-hydrogen) atoms. The Bertz CT molecular complexity index is 1410. The Kier molecular flexibility index (Phi) is 8.46. The van der Waals surface area contributed by atoms with Crippen molar-refractivity contribution in [3.8, 4) is 17.2 Å². The first-order valence-electron chi connectivity index (χ1n) is 11.2. The average Bonchev–Trinajstić information content (AvgIpc) is 2.88. The Balaban J connectivity index is 1.50. The minimum Gasteiger partial charge on any atom is -0.496 e. The molecule has 184 valence electrons. The van der Waals surface area contributed by atoms with Crippen molar-refractivity contribution in [2.75, 3.05) is 13.7 Å². The molecular weight excluding hydrogens is 544 g/mol. The summed E-state index contributed by atoms with van der Waals surface area (Å²) < 4.78 is 18.1. The summed E-state index contributed by atoms with van der Waals surface area (Å²) in [5.41, 5.74) is 4.58. The van der Waals surface area contributed by atoms with Crippen LogP contribution in [0.5, 0.6) is 17.2 Å². The van der Waals surface area contributed by atoms with E-state index in [1.54, 1.807) is 18.2 Å². The van der Waals surface area contributed by atoms with Crippen molar-refractivity contribution in [3.05, 3.63) is 99.0 Å². The molecule has 0 aliphatic rings. The molecular formula is C28H24BrClN2O4. The number of nitrogens with zero attached hydrogens (tertiary/aromatic N) is 1. The third kappa shape index (κ3) is 6.17. The lowest BCUT2D eigenvalue weighted by Gasteiger charge is -2.14. The van der Waals surface area contributed by atoms with E-state index in [1.807, 2.05) is 61.5 Å². The Labute approximate surface area is 223 Å². The zero-order valence-electron chi connectivity index (χ0n) is 19.8. The van der Waals surface area contributed by atoms with Gasteiger partial charge in [0.1, 0.15) is 12.4 Å². The van der Waals surface area contributed by atoms with Gasteiger partial charge in [0.15, 0.2) is 11.5 Å². The number of methoxy groups -OCH3 is 1. The van der Waals surface area contributed by atoms with Gasteiger partial charge >= 0.3 is 0 Å². The fourth-order valence-corrected chi connectivity index (χ4v) is 4.13. The van der Waals surface area contributed by atoms with Gasteiger partial charge in [0, 0.05) is 4.47 Å². The van der Waals surface area contributed by atoms with Crippen LogP contribution in [0.1, 0.15) is 28.4 Å². The Hall–Kier alpha value is -3.55. The maximum Gasteiger partial charge on any atom is 0.275 e. The van der Waals surface area contributed by atoms with Crippen LogP contribution < -0.4 is 19.6 Å². The zero-order chi connectivity index (χ0) is 25.5. The second-order valence-corrected chi connectivity index (χ2v) is 9.10.